The number of ketones is 1. The number of hydrogen-bond acceptors (Lipinski definition) is 3. The standard InChI is InChI=1S/C12H23NO2/c1-10(4-9-15-3)11(14)12(2)5-7-13-8-6-12/h10,13H,4-9H2,1-3H3. The first-order valence-corrected chi connectivity index (χ1v) is 5.84. The van der Waals surface area contributed by atoms with Gasteiger partial charge in [0.25, 0.3) is 0 Å². The molecule has 15 heavy (non-hydrogen) atoms. The molecular weight excluding hydrogens is 190 g/mol. The van der Waals surface area contributed by atoms with E-state index in [0.29, 0.717) is 12.4 Å². The van der Waals surface area contributed by atoms with Crippen LogP contribution >= 0.6 is 0 Å². The highest BCUT2D eigenvalue weighted by Crippen LogP contribution is 2.32. The molecule has 0 saturated carbocycles. The minimum atomic E-state index is -0.0988. The summed E-state index contributed by atoms with van der Waals surface area (Å²) in [7, 11) is 1.68. The van der Waals surface area contributed by atoms with E-state index in [2.05, 4.69) is 12.2 Å². The Morgan fingerprint density at radius 1 is 1.47 bits per heavy atom. The van der Waals surface area contributed by atoms with Gasteiger partial charge < -0.3 is 10.1 Å². The van der Waals surface area contributed by atoms with Crippen molar-refractivity contribution < 1.29 is 9.53 Å². The normalized spacial score (nSPS) is 22.3. The number of piperidine rings is 1. The molecule has 1 saturated heterocycles. The number of methoxy groups -OCH3 is 1. The minimum Gasteiger partial charge on any atom is -0.385 e. The van der Waals surface area contributed by atoms with E-state index in [1.54, 1.807) is 7.11 Å². The summed E-state index contributed by atoms with van der Waals surface area (Å²) in [5.41, 5.74) is -0.0988. The van der Waals surface area contributed by atoms with Crippen LogP contribution in [0.15, 0.2) is 0 Å². The van der Waals surface area contributed by atoms with Gasteiger partial charge in [0.15, 0.2) is 0 Å². The van der Waals surface area contributed by atoms with E-state index in [1.807, 2.05) is 6.92 Å². The molecule has 1 aliphatic heterocycles. The van der Waals surface area contributed by atoms with Gasteiger partial charge >= 0.3 is 0 Å². The van der Waals surface area contributed by atoms with E-state index in [0.717, 1.165) is 32.4 Å². The lowest BCUT2D eigenvalue weighted by Gasteiger charge is -2.34. The molecule has 0 spiro atoms. The van der Waals surface area contributed by atoms with Crippen LogP contribution in [0.1, 0.15) is 33.1 Å². The topological polar surface area (TPSA) is 38.3 Å². The number of rotatable bonds is 5. The van der Waals surface area contributed by atoms with E-state index in [-0.39, 0.29) is 11.3 Å². The molecule has 0 aromatic heterocycles. The van der Waals surface area contributed by atoms with Gasteiger partial charge in [0.1, 0.15) is 5.78 Å². The number of carbonyl (C=O) groups is 1. The fraction of sp³-hybridized carbons (Fsp3) is 0.917. The number of nitrogens with one attached hydrogen (secondary N) is 1. The molecule has 3 nitrogen and oxygen atoms in total. The fourth-order valence-corrected chi connectivity index (χ4v) is 2.25. The Morgan fingerprint density at radius 2 is 2.07 bits per heavy atom. The maximum atomic E-state index is 12.2. The minimum absolute atomic E-state index is 0.0988. The molecule has 88 valence electrons. The lowest BCUT2D eigenvalue weighted by atomic mass is 9.73. The number of carbonyl (C=O) groups excluding carboxylic acids is 1. The van der Waals surface area contributed by atoms with Gasteiger partial charge in [0.2, 0.25) is 0 Å². The van der Waals surface area contributed by atoms with E-state index in [1.165, 1.54) is 0 Å². The summed E-state index contributed by atoms with van der Waals surface area (Å²) < 4.78 is 5.02. The first-order chi connectivity index (χ1) is 7.10. The summed E-state index contributed by atoms with van der Waals surface area (Å²) in [4.78, 5) is 12.2. The van der Waals surface area contributed by atoms with Crippen molar-refractivity contribution in [2.24, 2.45) is 11.3 Å². The third kappa shape index (κ3) is 3.28. The Labute approximate surface area is 92.6 Å². The number of ether oxygens (including phenoxy) is 1. The maximum absolute atomic E-state index is 12.2. The second-order valence-electron chi connectivity index (χ2n) is 4.86. The molecule has 0 amide bonds. The molecule has 1 N–H and O–H groups in total. The van der Waals surface area contributed by atoms with Crippen molar-refractivity contribution in [3.05, 3.63) is 0 Å². The fourth-order valence-electron chi connectivity index (χ4n) is 2.25. The highest BCUT2D eigenvalue weighted by molar-refractivity contribution is 5.86. The summed E-state index contributed by atoms with van der Waals surface area (Å²) >= 11 is 0. The first kappa shape index (κ1) is 12.7. The van der Waals surface area contributed by atoms with Gasteiger partial charge in [-0.15, -0.1) is 0 Å². The number of hydrogen-bond donors (Lipinski definition) is 1. The van der Waals surface area contributed by atoms with E-state index < -0.39 is 0 Å². The Morgan fingerprint density at radius 3 is 2.60 bits per heavy atom. The second kappa shape index (κ2) is 5.61. The molecule has 1 rings (SSSR count). The third-order valence-electron chi connectivity index (χ3n) is 3.50. The zero-order valence-electron chi connectivity index (χ0n) is 10.1. The predicted octanol–water partition coefficient (Wildman–Crippen LogP) is 1.62. The lowest BCUT2D eigenvalue weighted by Crippen LogP contribution is -2.42. The maximum Gasteiger partial charge on any atom is 0.141 e. The van der Waals surface area contributed by atoms with Crippen LogP contribution in [-0.4, -0.2) is 32.6 Å². The molecule has 1 heterocycles. The van der Waals surface area contributed by atoms with Crippen LogP contribution in [0.5, 0.6) is 0 Å². The molecule has 0 radical (unpaired) electrons. The SMILES string of the molecule is COCCC(C)C(=O)C1(C)CCNCC1. The smallest absolute Gasteiger partial charge is 0.141 e. The third-order valence-corrected chi connectivity index (χ3v) is 3.50. The quantitative estimate of drug-likeness (QED) is 0.754. The zero-order valence-corrected chi connectivity index (χ0v) is 10.1. The largest absolute Gasteiger partial charge is 0.385 e. The lowest BCUT2D eigenvalue weighted by molar-refractivity contribution is -0.133. The average molecular weight is 213 g/mol. The van der Waals surface area contributed by atoms with Gasteiger partial charge in [-0.3, -0.25) is 4.79 Å². The van der Waals surface area contributed by atoms with Crippen LogP contribution in [0.25, 0.3) is 0 Å². The Hall–Kier alpha value is -0.410. The van der Waals surface area contributed by atoms with E-state index in [4.69, 9.17) is 4.74 Å². The summed E-state index contributed by atoms with van der Waals surface area (Å²) in [6.07, 6.45) is 2.80. The van der Waals surface area contributed by atoms with Crippen LogP contribution in [0.4, 0.5) is 0 Å². The molecule has 1 aliphatic rings. The highest BCUT2D eigenvalue weighted by Gasteiger charge is 2.36. The van der Waals surface area contributed by atoms with E-state index >= 15 is 0 Å². The Kier molecular flexibility index (Phi) is 4.74. The molecule has 1 fully saturated rings. The molecule has 0 bridgehead atoms. The van der Waals surface area contributed by atoms with Gasteiger partial charge in [-0.05, 0) is 32.4 Å². The van der Waals surface area contributed by atoms with Crippen molar-refractivity contribution in [2.45, 2.75) is 33.1 Å². The summed E-state index contributed by atoms with van der Waals surface area (Å²) in [5.74, 6) is 0.550. The van der Waals surface area contributed by atoms with Crippen LogP contribution < -0.4 is 5.32 Å². The van der Waals surface area contributed by atoms with Gasteiger partial charge in [-0.1, -0.05) is 13.8 Å². The summed E-state index contributed by atoms with van der Waals surface area (Å²) in [6.45, 7) is 6.76. The Bertz CT molecular complexity index is 210. The van der Waals surface area contributed by atoms with Crippen molar-refractivity contribution in [3.63, 3.8) is 0 Å². The van der Waals surface area contributed by atoms with Crippen LogP contribution in [0, 0.1) is 11.3 Å². The van der Waals surface area contributed by atoms with Gasteiger partial charge in [0.05, 0.1) is 0 Å². The van der Waals surface area contributed by atoms with Crippen molar-refractivity contribution in [1.29, 1.82) is 0 Å². The molecule has 0 aromatic carbocycles. The molecule has 0 aliphatic carbocycles. The van der Waals surface area contributed by atoms with Crippen molar-refractivity contribution in [1.82, 2.24) is 5.32 Å². The summed E-state index contributed by atoms with van der Waals surface area (Å²) in [6, 6.07) is 0. The zero-order chi connectivity index (χ0) is 11.3. The molecule has 1 unspecified atom stereocenters. The summed E-state index contributed by atoms with van der Waals surface area (Å²) in [5, 5.41) is 3.30. The van der Waals surface area contributed by atoms with Crippen LogP contribution in [0.2, 0.25) is 0 Å². The van der Waals surface area contributed by atoms with E-state index in [9.17, 15) is 4.79 Å². The molecule has 3 heteroatoms. The number of Topliss-reactive ketones (excluding diaryl/α,β-unsaturated/α-hetero) is 1. The predicted molar refractivity (Wildman–Crippen MR) is 60.9 cm³/mol. The average Bonchev–Trinajstić information content (AvgIpc) is 2.26. The van der Waals surface area contributed by atoms with Crippen LogP contribution in [0.3, 0.4) is 0 Å². The van der Waals surface area contributed by atoms with Gasteiger partial charge in [-0.25, -0.2) is 0 Å². The van der Waals surface area contributed by atoms with Crippen molar-refractivity contribution in [3.8, 4) is 0 Å². The monoisotopic (exact) mass is 213 g/mol. The highest BCUT2D eigenvalue weighted by atomic mass is 16.5. The van der Waals surface area contributed by atoms with Crippen molar-refractivity contribution >= 4 is 5.78 Å². The first-order valence-electron chi connectivity index (χ1n) is 5.84. The van der Waals surface area contributed by atoms with Gasteiger partial charge in [-0.2, -0.15) is 0 Å². The van der Waals surface area contributed by atoms with Crippen LogP contribution in [-0.2, 0) is 9.53 Å². The Balaban J connectivity index is 2.49. The molecule has 0 aromatic rings. The van der Waals surface area contributed by atoms with Crippen molar-refractivity contribution in [2.75, 3.05) is 26.8 Å². The molecule has 1 atom stereocenters. The second-order valence-corrected chi connectivity index (χ2v) is 4.86. The molecular formula is C12H23NO2. The van der Waals surface area contributed by atoms with Gasteiger partial charge in [0, 0.05) is 25.0 Å².